The lowest BCUT2D eigenvalue weighted by Crippen LogP contribution is -2.29. The average molecular weight is 363 g/mol. The van der Waals surface area contributed by atoms with Gasteiger partial charge in [0.15, 0.2) is 5.65 Å². The first-order valence-corrected chi connectivity index (χ1v) is 9.59. The van der Waals surface area contributed by atoms with Crippen LogP contribution in [0.15, 0.2) is 43.1 Å². The zero-order chi connectivity index (χ0) is 18.8. The second kappa shape index (κ2) is 7.47. The Bertz CT molecular complexity index is 934. The van der Waals surface area contributed by atoms with Crippen LogP contribution in [-0.2, 0) is 13.0 Å². The molecule has 6 heteroatoms. The lowest BCUT2D eigenvalue weighted by molar-refractivity contribution is 0.0787. The largest absolute Gasteiger partial charge is 0.338 e. The van der Waals surface area contributed by atoms with Crippen LogP contribution in [0.25, 0.3) is 11.2 Å². The van der Waals surface area contributed by atoms with Crippen LogP contribution in [0.1, 0.15) is 36.2 Å². The van der Waals surface area contributed by atoms with Gasteiger partial charge in [-0.25, -0.2) is 9.97 Å². The predicted molar refractivity (Wildman–Crippen MR) is 104 cm³/mol. The van der Waals surface area contributed by atoms with Crippen LogP contribution in [0.2, 0.25) is 0 Å². The molecule has 1 unspecified atom stereocenters. The Kier molecular flexibility index (Phi) is 4.88. The Morgan fingerprint density at radius 3 is 2.96 bits per heavy atom. The van der Waals surface area contributed by atoms with E-state index >= 15 is 0 Å². The lowest BCUT2D eigenvalue weighted by Gasteiger charge is -2.16. The predicted octanol–water partition coefficient (Wildman–Crippen LogP) is 3.19. The van der Waals surface area contributed by atoms with Crippen molar-refractivity contribution in [1.29, 1.82) is 0 Å². The fraction of sp³-hybridized carbons (Fsp3) is 0.429. The van der Waals surface area contributed by atoms with E-state index < -0.39 is 0 Å². The topological polar surface area (TPSA) is 63.9 Å². The third kappa shape index (κ3) is 3.84. The van der Waals surface area contributed by atoms with Crippen molar-refractivity contribution in [2.75, 3.05) is 13.1 Å². The molecule has 3 aromatic heterocycles. The minimum atomic E-state index is 0.0523. The van der Waals surface area contributed by atoms with Crippen molar-refractivity contribution in [3.63, 3.8) is 0 Å². The van der Waals surface area contributed by atoms with Crippen LogP contribution in [0.4, 0.5) is 0 Å². The number of carbonyl (C=O) groups excluding carboxylic acids is 1. The van der Waals surface area contributed by atoms with Gasteiger partial charge in [0.25, 0.3) is 5.91 Å². The van der Waals surface area contributed by atoms with Crippen molar-refractivity contribution in [3.05, 3.63) is 54.2 Å². The van der Waals surface area contributed by atoms with Crippen LogP contribution in [0, 0.1) is 11.8 Å². The minimum absolute atomic E-state index is 0.0523. The molecule has 1 fully saturated rings. The number of carbonyl (C=O) groups is 1. The monoisotopic (exact) mass is 363 g/mol. The van der Waals surface area contributed by atoms with Gasteiger partial charge in [-0.05, 0) is 42.4 Å². The lowest BCUT2D eigenvalue weighted by atomic mass is 10.0. The van der Waals surface area contributed by atoms with E-state index in [4.69, 9.17) is 0 Å². The smallest absolute Gasteiger partial charge is 0.255 e. The quantitative estimate of drug-likeness (QED) is 0.698. The average Bonchev–Trinajstić information content (AvgIpc) is 3.28. The van der Waals surface area contributed by atoms with Crippen molar-refractivity contribution in [2.24, 2.45) is 11.8 Å². The standard InChI is InChI=1S/C21H25N5O/c1-15(2)12-26-14-24-19-9-18(11-23-20(19)26)21(27)25-7-5-17(13-25)8-16-4-3-6-22-10-16/h3-4,6,9-11,14-15,17H,5,7-8,12-13H2,1-2H3. The number of amides is 1. The summed E-state index contributed by atoms with van der Waals surface area (Å²) in [5.41, 5.74) is 3.48. The summed E-state index contributed by atoms with van der Waals surface area (Å²) in [6, 6.07) is 5.94. The molecule has 0 aromatic carbocycles. The van der Waals surface area contributed by atoms with Crippen LogP contribution in [0.5, 0.6) is 0 Å². The van der Waals surface area contributed by atoms with Gasteiger partial charge in [-0.2, -0.15) is 0 Å². The van der Waals surface area contributed by atoms with E-state index in [0.29, 0.717) is 17.4 Å². The van der Waals surface area contributed by atoms with Crippen molar-refractivity contribution in [2.45, 2.75) is 33.2 Å². The molecule has 0 spiro atoms. The van der Waals surface area contributed by atoms with Gasteiger partial charge in [-0.15, -0.1) is 0 Å². The van der Waals surface area contributed by atoms with E-state index in [2.05, 4.69) is 34.9 Å². The van der Waals surface area contributed by atoms with Gasteiger partial charge in [0.2, 0.25) is 0 Å². The highest BCUT2D eigenvalue weighted by atomic mass is 16.2. The zero-order valence-electron chi connectivity index (χ0n) is 15.9. The molecule has 0 N–H and O–H groups in total. The van der Waals surface area contributed by atoms with E-state index in [1.165, 1.54) is 5.56 Å². The van der Waals surface area contributed by atoms with E-state index in [0.717, 1.165) is 43.6 Å². The molecule has 0 radical (unpaired) electrons. The molecule has 6 nitrogen and oxygen atoms in total. The first kappa shape index (κ1) is 17.6. The molecule has 140 valence electrons. The molecule has 1 amide bonds. The number of pyridine rings is 2. The second-order valence-corrected chi connectivity index (χ2v) is 7.83. The molecule has 0 saturated carbocycles. The molecular formula is C21H25N5O. The third-order valence-corrected chi connectivity index (χ3v) is 5.08. The maximum Gasteiger partial charge on any atom is 0.255 e. The maximum atomic E-state index is 12.9. The molecule has 1 atom stereocenters. The van der Waals surface area contributed by atoms with Gasteiger partial charge in [0.05, 0.1) is 11.9 Å². The summed E-state index contributed by atoms with van der Waals surface area (Å²) in [6.45, 7) is 6.79. The summed E-state index contributed by atoms with van der Waals surface area (Å²) in [7, 11) is 0. The molecular weight excluding hydrogens is 338 g/mol. The number of fused-ring (bicyclic) bond motifs is 1. The first-order chi connectivity index (χ1) is 13.1. The Balaban J connectivity index is 1.45. The Labute approximate surface area is 159 Å². The van der Waals surface area contributed by atoms with Gasteiger partial charge < -0.3 is 9.47 Å². The van der Waals surface area contributed by atoms with Crippen LogP contribution in [0.3, 0.4) is 0 Å². The normalized spacial score (nSPS) is 17.1. The van der Waals surface area contributed by atoms with Gasteiger partial charge >= 0.3 is 0 Å². The number of likely N-dealkylation sites (tertiary alicyclic amines) is 1. The summed E-state index contributed by atoms with van der Waals surface area (Å²) in [4.78, 5) is 28.0. The molecule has 1 aliphatic rings. The van der Waals surface area contributed by atoms with Gasteiger partial charge in [-0.1, -0.05) is 19.9 Å². The summed E-state index contributed by atoms with van der Waals surface area (Å²) in [6.07, 6.45) is 9.20. The summed E-state index contributed by atoms with van der Waals surface area (Å²) >= 11 is 0. The van der Waals surface area contributed by atoms with Crippen molar-refractivity contribution in [3.8, 4) is 0 Å². The molecule has 0 bridgehead atoms. The van der Waals surface area contributed by atoms with Crippen molar-refractivity contribution < 1.29 is 4.79 Å². The molecule has 1 aliphatic heterocycles. The van der Waals surface area contributed by atoms with E-state index in [-0.39, 0.29) is 5.91 Å². The SMILES string of the molecule is CC(C)Cn1cnc2cc(C(=O)N3CCC(Cc4cccnc4)C3)cnc21. The summed E-state index contributed by atoms with van der Waals surface area (Å²) < 4.78 is 2.05. The second-order valence-electron chi connectivity index (χ2n) is 7.83. The van der Waals surface area contributed by atoms with Crippen LogP contribution < -0.4 is 0 Å². The molecule has 3 aromatic rings. The van der Waals surface area contributed by atoms with Crippen molar-refractivity contribution >= 4 is 17.1 Å². The highest BCUT2D eigenvalue weighted by Crippen LogP contribution is 2.23. The fourth-order valence-corrected chi connectivity index (χ4v) is 3.81. The van der Waals surface area contributed by atoms with Crippen LogP contribution >= 0.6 is 0 Å². The van der Waals surface area contributed by atoms with E-state index in [1.54, 1.807) is 12.4 Å². The Morgan fingerprint density at radius 2 is 2.19 bits per heavy atom. The number of hydrogen-bond donors (Lipinski definition) is 0. The van der Waals surface area contributed by atoms with Gasteiger partial charge in [-0.3, -0.25) is 9.78 Å². The summed E-state index contributed by atoms with van der Waals surface area (Å²) in [5, 5.41) is 0. The fourth-order valence-electron chi connectivity index (χ4n) is 3.81. The zero-order valence-corrected chi connectivity index (χ0v) is 15.9. The van der Waals surface area contributed by atoms with Crippen molar-refractivity contribution in [1.82, 2.24) is 24.4 Å². The van der Waals surface area contributed by atoms with E-state index in [1.807, 2.05) is 34.1 Å². The van der Waals surface area contributed by atoms with Gasteiger partial charge in [0, 0.05) is 38.2 Å². The number of hydrogen-bond acceptors (Lipinski definition) is 4. The Morgan fingerprint density at radius 1 is 1.30 bits per heavy atom. The molecule has 4 rings (SSSR count). The highest BCUT2D eigenvalue weighted by molar-refractivity contribution is 5.96. The summed E-state index contributed by atoms with van der Waals surface area (Å²) in [5.74, 6) is 1.06. The molecule has 27 heavy (non-hydrogen) atoms. The molecule has 4 heterocycles. The van der Waals surface area contributed by atoms with Crippen LogP contribution in [-0.4, -0.2) is 43.4 Å². The number of aromatic nitrogens is 4. The maximum absolute atomic E-state index is 12.9. The molecule has 0 aliphatic carbocycles. The minimum Gasteiger partial charge on any atom is -0.338 e. The van der Waals surface area contributed by atoms with Gasteiger partial charge in [0.1, 0.15) is 5.52 Å². The number of nitrogens with zero attached hydrogens (tertiary/aromatic N) is 5. The molecule has 1 saturated heterocycles. The number of rotatable bonds is 5. The Hall–Kier alpha value is -2.76. The highest BCUT2D eigenvalue weighted by Gasteiger charge is 2.27. The number of imidazole rings is 1. The first-order valence-electron chi connectivity index (χ1n) is 9.59. The van der Waals surface area contributed by atoms with E-state index in [9.17, 15) is 4.79 Å². The third-order valence-electron chi connectivity index (χ3n) is 5.08.